The first-order chi connectivity index (χ1) is 8.15. The first-order valence-electron chi connectivity index (χ1n) is 5.17. The molecule has 17 heavy (non-hydrogen) atoms. The molecule has 0 aliphatic carbocycles. The normalized spacial score (nSPS) is 8.71. The number of nitrogens with one attached hydrogen (secondary N) is 1. The second kappa shape index (κ2) is 6.19. The number of nitrogens with two attached hydrogens (primary N) is 1. The van der Waals surface area contributed by atoms with Gasteiger partial charge in [-0.2, -0.15) is 5.26 Å². The molecule has 0 heterocycles. The molecule has 0 aliphatic rings. The van der Waals surface area contributed by atoms with Gasteiger partial charge in [-0.15, -0.1) is 0 Å². The largest absolute Gasteiger partial charge is 0.398 e. The molecule has 4 nitrogen and oxygen atoms in total. The second-order valence-corrected chi connectivity index (χ2v) is 3.42. The first kappa shape index (κ1) is 12.6. The highest BCUT2D eigenvalue weighted by molar-refractivity contribution is 5.72. The molecule has 0 bridgehead atoms. The molecule has 0 unspecified atom stereocenters. The Morgan fingerprint density at radius 3 is 2.94 bits per heavy atom. The predicted molar refractivity (Wildman–Crippen MR) is 65.7 cm³/mol. The fourth-order valence-corrected chi connectivity index (χ4v) is 1.26. The van der Waals surface area contributed by atoms with Crippen molar-refractivity contribution in [1.29, 1.82) is 5.26 Å². The molecule has 0 aromatic heterocycles. The van der Waals surface area contributed by atoms with E-state index < -0.39 is 0 Å². The van der Waals surface area contributed by atoms with E-state index in [1.54, 1.807) is 18.2 Å². The molecule has 0 spiro atoms. The summed E-state index contributed by atoms with van der Waals surface area (Å²) in [7, 11) is 0. The fraction of sp³-hybridized carbons (Fsp3) is 0.231. The van der Waals surface area contributed by atoms with Gasteiger partial charge in [-0.1, -0.05) is 17.9 Å². The summed E-state index contributed by atoms with van der Waals surface area (Å²) in [6, 6.07) is 7.20. The lowest BCUT2D eigenvalue weighted by molar-refractivity contribution is -0.118. The van der Waals surface area contributed by atoms with Crippen molar-refractivity contribution in [3.05, 3.63) is 29.3 Å². The standard InChI is InChI=1S/C13H13N3O/c1-10(17)16-8-3-2-5-11-6-4-7-13(15)12(11)9-14/h4,6-7H,3,8,15H2,1H3,(H,16,17). The molecular weight excluding hydrogens is 214 g/mol. The Balaban J connectivity index is 2.70. The molecule has 1 rings (SSSR count). The number of carbonyl (C=O) groups excluding carboxylic acids is 1. The predicted octanol–water partition coefficient (Wildman–Crippen LogP) is 1.02. The molecule has 0 aliphatic heterocycles. The van der Waals surface area contributed by atoms with Gasteiger partial charge < -0.3 is 11.1 Å². The van der Waals surface area contributed by atoms with Crippen molar-refractivity contribution in [2.75, 3.05) is 12.3 Å². The number of hydrogen-bond acceptors (Lipinski definition) is 3. The Bertz CT molecular complexity index is 518. The third-order valence-corrected chi connectivity index (χ3v) is 2.06. The van der Waals surface area contributed by atoms with Gasteiger partial charge >= 0.3 is 0 Å². The van der Waals surface area contributed by atoms with E-state index in [1.807, 2.05) is 6.07 Å². The summed E-state index contributed by atoms with van der Waals surface area (Å²) >= 11 is 0. The monoisotopic (exact) mass is 227 g/mol. The van der Waals surface area contributed by atoms with Gasteiger partial charge in [0.25, 0.3) is 0 Å². The summed E-state index contributed by atoms with van der Waals surface area (Å²) in [6.45, 7) is 1.96. The number of nitrogen functional groups attached to an aromatic ring is 1. The van der Waals surface area contributed by atoms with E-state index in [4.69, 9.17) is 11.0 Å². The number of carbonyl (C=O) groups is 1. The van der Waals surface area contributed by atoms with Crippen molar-refractivity contribution in [2.24, 2.45) is 0 Å². The smallest absolute Gasteiger partial charge is 0.216 e. The number of nitriles is 1. The van der Waals surface area contributed by atoms with Crippen LogP contribution < -0.4 is 11.1 Å². The number of hydrogen-bond donors (Lipinski definition) is 2. The zero-order valence-corrected chi connectivity index (χ0v) is 9.58. The Hall–Kier alpha value is -2.46. The van der Waals surface area contributed by atoms with E-state index in [0.717, 1.165) is 0 Å². The minimum Gasteiger partial charge on any atom is -0.398 e. The number of nitrogens with zero attached hydrogens (tertiary/aromatic N) is 1. The van der Waals surface area contributed by atoms with Crippen molar-refractivity contribution >= 4 is 11.6 Å². The van der Waals surface area contributed by atoms with Crippen molar-refractivity contribution in [2.45, 2.75) is 13.3 Å². The number of benzene rings is 1. The third kappa shape index (κ3) is 3.89. The lowest BCUT2D eigenvalue weighted by Crippen LogP contribution is -2.20. The number of amides is 1. The fourth-order valence-electron chi connectivity index (χ4n) is 1.26. The van der Waals surface area contributed by atoms with E-state index >= 15 is 0 Å². The van der Waals surface area contributed by atoms with Gasteiger partial charge in [0.1, 0.15) is 6.07 Å². The molecule has 0 atom stereocenters. The van der Waals surface area contributed by atoms with E-state index in [1.165, 1.54) is 6.92 Å². The summed E-state index contributed by atoms with van der Waals surface area (Å²) < 4.78 is 0. The lowest BCUT2D eigenvalue weighted by Gasteiger charge is -1.99. The van der Waals surface area contributed by atoms with Crippen LogP contribution in [0.15, 0.2) is 18.2 Å². The maximum Gasteiger partial charge on any atom is 0.216 e. The summed E-state index contributed by atoms with van der Waals surface area (Å²) in [6.07, 6.45) is 0.541. The van der Waals surface area contributed by atoms with E-state index in [-0.39, 0.29) is 5.91 Å². The second-order valence-electron chi connectivity index (χ2n) is 3.42. The lowest BCUT2D eigenvalue weighted by atomic mass is 10.1. The van der Waals surface area contributed by atoms with Crippen LogP contribution in [0, 0.1) is 23.2 Å². The third-order valence-electron chi connectivity index (χ3n) is 2.06. The Morgan fingerprint density at radius 2 is 2.29 bits per heavy atom. The van der Waals surface area contributed by atoms with Gasteiger partial charge in [0.2, 0.25) is 5.91 Å². The maximum atomic E-state index is 10.6. The van der Waals surface area contributed by atoms with Gasteiger partial charge in [0, 0.05) is 25.5 Å². The SMILES string of the molecule is CC(=O)NCCC#Cc1cccc(N)c1C#N. The van der Waals surface area contributed by atoms with Crippen LogP contribution in [-0.2, 0) is 4.79 Å². The molecule has 0 radical (unpaired) electrons. The number of rotatable bonds is 2. The van der Waals surface area contributed by atoms with Gasteiger partial charge in [-0.05, 0) is 12.1 Å². The Labute approximate surface area is 100 Å². The molecular formula is C13H13N3O. The Kier molecular flexibility index (Phi) is 4.59. The van der Waals surface area contributed by atoms with Crippen LogP contribution in [0.3, 0.4) is 0 Å². The highest BCUT2D eigenvalue weighted by atomic mass is 16.1. The van der Waals surface area contributed by atoms with Crippen LogP contribution >= 0.6 is 0 Å². The minimum atomic E-state index is -0.0755. The zero-order chi connectivity index (χ0) is 12.7. The zero-order valence-electron chi connectivity index (χ0n) is 9.58. The van der Waals surface area contributed by atoms with Crippen LogP contribution in [0.25, 0.3) is 0 Å². The van der Waals surface area contributed by atoms with E-state index in [9.17, 15) is 4.79 Å². The van der Waals surface area contributed by atoms with Crippen molar-refractivity contribution in [1.82, 2.24) is 5.32 Å². The van der Waals surface area contributed by atoms with Crippen LogP contribution in [0.1, 0.15) is 24.5 Å². The van der Waals surface area contributed by atoms with Crippen molar-refractivity contribution in [3.8, 4) is 17.9 Å². The van der Waals surface area contributed by atoms with Crippen molar-refractivity contribution < 1.29 is 4.79 Å². The molecule has 1 amide bonds. The minimum absolute atomic E-state index is 0.0755. The summed E-state index contributed by atoms with van der Waals surface area (Å²) in [5.41, 5.74) is 7.11. The maximum absolute atomic E-state index is 10.6. The molecule has 0 saturated carbocycles. The average Bonchev–Trinajstić information content (AvgIpc) is 2.28. The van der Waals surface area contributed by atoms with Crippen LogP contribution in [0.5, 0.6) is 0 Å². The van der Waals surface area contributed by atoms with Gasteiger partial charge in [-0.25, -0.2) is 0 Å². The van der Waals surface area contributed by atoms with Gasteiger partial charge in [-0.3, -0.25) is 4.79 Å². The Morgan fingerprint density at radius 1 is 1.53 bits per heavy atom. The quantitative estimate of drug-likeness (QED) is 0.449. The molecule has 0 saturated heterocycles. The summed E-state index contributed by atoms with van der Waals surface area (Å²) in [5.74, 6) is 5.69. The molecule has 86 valence electrons. The van der Waals surface area contributed by atoms with Crippen LogP contribution in [0.2, 0.25) is 0 Å². The molecule has 3 N–H and O–H groups in total. The molecule has 0 fully saturated rings. The van der Waals surface area contributed by atoms with Crippen LogP contribution in [0.4, 0.5) is 5.69 Å². The summed E-state index contributed by atoms with van der Waals surface area (Å²) in [5, 5.41) is 11.6. The first-order valence-corrected chi connectivity index (χ1v) is 5.17. The topological polar surface area (TPSA) is 78.9 Å². The highest BCUT2D eigenvalue weighted by Gasteiger charge is 2.01. The highest BCUT2D eigenvalue weighted by Crippen LogP contribution is 2.14. The van der Waals surface area contributed by atoms with E-state index in [2.05, 4.69) is 17.2 Å². The van der Waals surface area contributed by atoms with E-state index in [0.29, 0.717) is 29.8 Å². The number of anilines is 1. The molecule has 4 heteroatoms. The van der Waals surface area contributed by atoms with Gasteiger partial charge in [0.15, 0.2) is 0 Å². The van der Waals surface area contributed by atoms with Crippen molar-refractivity contribution in [3.63, 3.8) is 0 Å². The molecule has 1 aromatic rings. The summed E-state index contributed by atoms with van der Waals surface area (Å²) in [4.78, 5) is 10.6. The van der Waals surface area contributed by atoms with Crippen LogP contribution in [-0.4, -0.2) is 12.5 Å². The average molecular weight is 227 g/mol. The van der Waals surface area contributed by atoms with Gasteiger partial charge in [0.05, 0.1) is 11.3 Å². The molecule has 1 aromatic carbocycles.